The minimum Gasteiger partial charge on any atom is -0.484 e. The highest BCUT2D eigenvalue weighted by molar-refractivity contribution is 5.86. The van der Waals surface area contributed by atoms with Gasteiger partial charge >= 0.3 is 0 Å². The maximum atomic E-state index is 4.93. The Hall–Kier alpha value is -1.12. The van der Waals surface area contributed by atoms with Crippen LogP contribution in [0.2, 0.25) is 0 Å². The second-order valence-corrected chi connectivity index (χ2v) is 2.02. The average molecular weight is 138 g/mol. The van der Waals surface area contributed by atoms with Crippen LogP contribution in [-0.2, 0) is 4.74 Å². The Labute approximate surface area is 60.1 Å². The van der Waals surface area contributed by atoms with E-state index in [0.29, 0.717) is 5.90 Å². The number of hydrogen-bond acceptors (Lipinski definition) is 3. The number of aliphatic imine (C=N–C) groups is 2. The van der Waals surface area contributed by atoms with Crippen LogP contribution in [0.25, 0.3) is 0 Å². The molecule has 0 aliphatic carbocycles. The highest BCUT2D eigenvalue weighted by atomic mass is 16.5. The van der Waals surface area contributed by atoms with Crippen LogP contribution in [0.3, 0.4) is 0 Å². The van der Waals surface area contributed by atoms with Gasteiger partial charge in [0.2, 0.25) is 0 Å². The van der Waals surface area contributed by atoms with Crippen LogP contribution in [-0.4, -0.2) is 19.3 Å². The van der Waals surface area contributed by atoms with E-state index in [4.69, 9.17) is 4.74 Å². The van der Waals surface area contributed by atoms with Crippen molar-refractivity contribution >= 4 is 12.2 Å². The summed E-state index contributed by atoms with van der Waals surface area (Å²) in [6.45, 7) is 1.94. The van der Waals surface area contributed by atoms with E-state index < -0.39 is 0 Å². The Bertz CT molecular complexity index is 201. The lowest BCUT2D eigenvalue weighted by molar-refractivity contribution is 0.396. The van der Waals surface area contributed by atoms with Crippen LogP contribution < -0.4 is 0 Å². The molecule has 0 amide bonds. The lowest BCUT2D eigenvalue weighted by Crippen LogP contribution is -1.98. The smallest absolute Gasteiger partial charge is 0.193 e. The van der Waals surface area contributed by atoms with E-state index in [1.165, 1.54) is 6.34 Å². The largest absolute Gasteiger partial charge is 0.484 e. The molecule has 0 saturated heterocycles. The maximum Gasteiger partial charge on any atom is 0.193 e. The predicted octanol–water partition coefficient (Wildman–Crippen LogP) is 1.37. The van der Waals surface area contributed by atoms with Gasteiger partial charge < -0.3 is 4.74 Å². The zero-order valence-electron chi connectivity index (χ0n) is 6.16. The number of methoxy groups -OCH3 is 1. The summed E-state index contributed by atoms with van der Waals surface area (Å²) < 4.78 is 4.93. The van der Waals surface area contributed by atoms with Gasteiger partial charge in [-0.05, 0) is 6.92 Å². The third-order valence-electron chi connectivity index (χ3n) is 1.27. The quantitative estimate of drug-likeness (QED) is 0.497. The van der Waals surface area contributed by atoms with Crippen molar-refractivity contribution in [3.8, 4) is 0 Å². The molecular weight excluding hydrogens is 128 g/mol. The van der Waals surface area contributed by atoms with Gasteiger partial charge in [0, 0.05) is 12.1 Å². The number of rotatable bonds is 0. The van der Waals surface area contributed by atoms with E-state index in [1.807, 2.05) is 13.0 Å². The molecule has 54 valence electrons. The summed E-state index contributed by atoms with van der Waals surface area (Å²) in [5, 5.41) is 0. The minimum absolute atomic E-state index is 0.709. The number of hydrogen-bond donors (Lipinski definition) is 0. The van der Waals surface area contributed by atoms with Gasteiger partial charge in [0.1, 0.15) is 6.34 Å². The van der Waals surface area contributed by atoms with Crippen molar-refractivity contribution in [3.63, 3.8) is 0 Å². The van der Waals surface area contributed by atoms with Crippen molar-refractivity contribution in [2.45, 2.75) is 13.3 Å². The van der Waals surface area contributed by atoms with Crippen molar-refractivity contribution in [1.82, 2.24) is 0 Å². The summed E-state index contributed by atoms with van der Waals surface area (Å²) in [6, 6.07) is 0. The zero-order valence-corrected chi connectivity index (χ0v) is 6.16. The number of allylic oxidation sites excluding steroid dienone is 1. The molecule has 0 N–H and O–H groups in total. The molecule has 0 atom stereocenters. The molecule has 0 radical (unpaired) electrons. The van der Waals surface area contributed by atoms with Crippen molar-refractivity contribution < 1.29 is 4.74 Å². The summed E-state index contributed by atoms with van der Waals surface area (Å²) >= 11 is 0. The molecule has 0 aromatic carbocycles. The first kappa shape index (κ1) is 6.99. The summed E-state index contributed by atoms with van der Waals surface area (Å²) in [7, 11) is 1.61. The molecule has 0 saturated carbocycles. The first-order chi connectivity index (χ1) is 4.83. The fourth-order valence-electron chi connectivity index (χ4n) is 0.661. The van der Waals surface area contributed by atoms with Gasteiger partial charge in [-0.3, -0.25) is 0 Å². The predicted molar refractivity (Wildman–Crippen MR) is 41.3 cm³/mol. The Balaban J connectivity index is 2.69. The summed E-state index contributed by atoms with van der Waals surface area (Å²) in [6.07, 6.45) is 4.23. The fourth-order valence-corrected chi connectivity index (χ4v) is 0.661. The van der Waals surface area contributed by atoms with Gasteiger partial charge in [-0.25, -0.2) is 9.98 Å². The lowest BCUT2D eigenvalue weighted by Gasteiger charge is -1.96. The van der Waals surface area contributed by atoms with E-state index in [0.717, 1.165) is 12.1 Å². The molecule has 1 rings (SSSR count). The standard InChI is InChI=1S/C7H10N2O/c1-6-3-4-7(10-2)9-5-8-6/h3,5H,4H2,1-2H3. The molecule has 3 heteroatoms. The Morgan fingerprint density at radius 1 is 1.60 bits per heavy atom. The third kappa shape index (κ3) is 1.69. The van der Waals surface area contributed by atoms with Crippen LogP contribution in [0.4, 0.5) is 0 Å². The first-order valence-electron chi connectivity index (χ1n) is 3.13. The van der Waals surface area contributed by atoms with Gasteiger partial charge in [0.05, 0.1) is 7.11 Å². The molecule has 0 spiro atoms. The molecule has 1 aliphatic rings. The monoisotopic (exact) mass is 138 g/mol. The van der Waals surface area contributed by atoms with Crippen molar-refractivity contribution in [3.05, 3.63) is 11.8 Å². The molecular formula is C7H10N2O. The normalized spacial score (nSPS) is 17.4. The molecule has 0 aromatic heterocycles. The van der Waals surface area contributed by atoms with Gasteiger partial charge in [0.25, 0.3) is 0 Å². The second-order valence-electron chi connectivity index (χ2n) is 2.02. The highest BCUT2D eigenvalue weighted by Gasteiger charge is 1.96. The molecule has 1 heterocycles. The van der Waals surface area contributed by atoms with Gasteiger partial charge in [-0.1, -0.05) is 6.08 Å². The Morgan fingerprint density at radius 3 is 3.10 bits per heavy atom. The Morgan fingerprint density at radius 2 is 2.40 bits per heavy atom. The maximum absolute atomic E-state index is 4.93. The molecule has 0 bridgehead atoms. The van der Waals surface area contributed by atoms with Gasteiger partial charge in [-0.15, -0.1) is 0 Å². The SMILES string of the molecule is COC1=NC=NC(C)=CC1. The molecule has 3 nitrogen and oxygen atoms in total. The molecule has 0 unspecified atom stereocenters. The lowest BCUT2D eigenvalue weighted by atomic mass is 10.3. The highest BCUT2D eigenvalue weighted by Crippen LogP contribution is 2.01. The van der Waals surface area contributed by atoms with Crippen molar-refractivity contribution in [2.75, 3.05) is 7.11 Å². The Kier molecular flexibility index (Phi) is 2.20. The van der Waals surface area contributed by atoms with Crippen LogP contribution in [0.15, 0.2) is 21.8 Å². The second kappa shape index (κ2) is 3.15. The first-order valence-corrected chi connectivity index (χ1v) is 3.13. The number of ether oxygens (including phenoxy) is 1. The minimum atomic E-state index is 0.709. The van der Waals surface area contributed by atoms with E-state index in [-0.39, 0.29) is 0 Å². The number of nitrogens with zero attached hydrogens (tertiary/aromatic N) is 2. The molecule has 0 aromatic rings. The third-order valence-corrected chi connectivity index (χ3v) is 1.27. The molecule has 0 fully saturated rings. The zero-order chi connectivity index (χ0) is 7.40. The van der Waals surface area contributed by atoms with Gasteiger partial charge in [-0.2, -0.15) is 0 Å². The molecule has 1 aliphatic heterocycles. The van der Waals surface area contributed by atoms with Crippen LogP contribution in [0.1, 0.15) is 13.3 Å². The van der Waals surface area contributed by atoms with Crippen LogP contribution >= 0.6 is 0 Å². The fraction of sp³-hybridized carbons (Fsp3) is 0.429. The topological polar surface area (TPSA) is 34.0 Å². The summed E-state index contributed by atoms with van der Waals surface area (Å²) in [5.41, 5.74) is 0.982. The summed E-state index contributed by atoms with van der Waals surface area (Å²) in [4.78, 5) is 7.93. The summed E-state index contributed by atoms with van der Waals surface area (Å²) in [5.74, 6) is 0.709. The van der Waals surface area contributed by atoms with E-state index in [9.17, 15) is 0 Å². The van der Waals surface area contributed by atoms with E-state index in [1.54, 1.807) is 7.11 Å². The van der Waals surface area contributed by atoms with E-state index >= 15 is 0 Å². The van der Waals surface area contributed by atoms with Crippen molar-refractivity contribution in [2.24, 2.45) is 9.98 Å². The van der Waals surface area contributed by atoms with Crippen LogP contribution in [0.5, 0.6) is 0 Å². The average Bonchev–Trinajstić information content (AvgIpc) is 2.14. The van der Waals surface area contributed by atoms with Gasteiger partial charge in [0.15, 0.2) is 5.90 Å². The van der Waals surface area contributed by atoms with Crippen LogP contribution in [0, 0.1) is 0 Å². The van der Waals surface area contributed by atoms with Crippen molar-refractivity contribution in [1.29, 1.82) is 0 Å². The van der Waals surface area contributed by atoms with E-state index in [2.05, 4.69) is 9.98 Å². The molecule has 10 heavy (non-hydrogen) atoms.